The third-order valence-corrected chi connectivity index (χ3v) is 2.65. The second-order valence-electron chi connectivity index (χ2n) is 3.08. The number of halogens is 1. The quantitative estimate of drug-likeness (QED) is 0.683. The van der Waals surface area contributed by atoms with Crippen LogP contribution in [0.3, 0.4) is 0 Å². The van der Waals surface area contributed by atoms with E-state index in [1.807, 2.05) is 6.07 Å². The molecule has 0 aromatic heterocycles. The van der Waals surface area contributed by atoms with Crippen LogP contribution in [0.2, 0.25) is 0 Å². The number of esters is 1. The number of hydrogen-bond acceptors (Lipinski definition) is 3. The van der Waals surface area contributed by atoms with Crippen molar-refractivity contribution in [1.82, 2.24) is 0 Å². The number of methoxy groups -OCH3 is 1. The van der Waals surface area contributed by atoms with E-state index in [0.717, 1.165) is 3.57 Å². The number of carbonyl (C=O) groups is 2. The zero-order valence-electron chi connectivity index (χ0n) is 9.04. The highest BCUT2D eigenvalue weighted by molar-refractivity contribution is 14.1. The number of rotatable bonds is 3. The standard InChI is InChI=1S/C11H12INO3/c1-3-10(14)13-9-5-4-7(12)6-8(9)11(15)16-2/h4-6H,3H2,1-2H3,(H,13,14). The molecule has 0 aliphatic carbocycles. The average Bonchev–Trinajstić information content (AvgIpc) is 2.30. The minimum absolute atomic E-state index is 0.133. The lowest BCUT2D eigenvalue weighted by molar-refractivity contribution is -0.115. The van der Waals surface area contributed by atoms with Crippen LogP contribution in [0.4, 0.5) is 5.69 Å². The molecule has 0 aliphatic heterocycles. The maximum atomic E-state index is 11.5. The molecule has 4 nitrogen and oxygen atoms in total. The van der Waals surface area contributed by atoms with Crippen molar-refractivity contribution in [1.29, 1.82) is 0 Å². The Morgan fingerprint density at radius 1 is 1.44 bits per heavy atom. The summed E-state index contributed by atoms with van der Waals surface area (Å²) in [6.45, 7) is 1.75. The second-order valence-corrected chi connectivity index (χ2v) is 4.33. The van der Waals surface area contributed by atoms with E-state index in [0.29, 0.717) is 17.7 Å². The summed E-state index contributed by atoms with van der Waals surface area (Å²) in [5, 5.41) is 2.66. The summed E-state index contributed by atoms with van der Waals surface area (Å²) in [7, 11) is 1.31. The van der Waals surface area contributed by atoms with Gasteiger partial charge in [0.15, 0.2) is 0 Å². The van der Waals surface area contributed by atoms with Gasteiger partial charge in [-0.15, -0.1) is 0 Å². The molecule has 0 saturated carbocycles. The third-order valence-electron chi connectivity index (χ3n) is 1.98. The van der Waals surface area contributed by atoms with Crippen molar-refractivity contribution < 1.29 is 14.3 Å². The maximum Gasteiger partial charge on any atom is 0.340 e. The van der Waals surface area contributed by atoms with Gasteiger partial charge in [-0.2, -0.15) is 0 Å². The van der Waals surface area contributed by atoms with Crippen LogP contribution >= 0.6 is 22.6 Å². The molecule has 0 unspecified atom stereocenters. The van der Waals surface area contributed by atoms with E-state index in [2.05, 4.69) is 32.6 Å². The highest BCUT2D eigenvalue weighted by Gasteiger charge is 2.13. The topological polar surface area (TPSA) is 55.4 Å². The summed E-state index contributed by atoms with van der Waals surface area (Å²) in [4.78, 5) is 22.7. The van der Waals surface area contributed by atoms with Crippen molar-refractivity contribution in [2.45, 2.75) is 13.3 Å². The second kappa shape index (κ2) is 5.83. The Bertz CT molecular complexity index is 418. The van der Waals surface area contributed by atoms with Crippen LogP contribution in [0.1, 0.15) is 23.7 Å². The van der Waals surface area contributed by atoms with Crippen molar-refractivity contribution in [2.75, 3.05) is 12.4 Å². The molecule has 0 spiro atoms. The predicted molar refractivity (Wildman–Crippen MR) is 69.4 cm³/mol. The largest absolute Gasteiger partial charge is 0.465 e. The molecular weight excluding hydrogens is 321 g/mol. The van der Waals surface area contributed by atoms with Crippen LogP contribution < -0.4 is 5.32 Å². The van der Waals surface area contributed by atoms with Gasteiger partial charge in [0.1, 0.15) is 0 Å². The molecule has 0 bridgehead atoms. The highest BCUT2D eigenvalue weighted by Crippen LogP contribution is 2.20. The molecule has 5 heteroatoms. The molecule has 0 radical (unpaired) electrons. The summed E-state index contributed by atoms with van der Waals surface area (Å²) in [5.74, 6) is -0.587. The van der Waals surface area contributed by atoms with Gasteiger partial charge in [0, 0.05) is 9.99 Å². The zero-order valence-corrected chi connectivity index (χ0v) is 11.2. The van der Waals surface area contributed by atoms with Gasteiger partial charge in [0.25, 0.3) is 0 Å². The first-order chi connectivity index (χ1) is 7.58. The Hall–Kier alpha value is -1.11. The van der Waals surface area contributed by atoms with Crippen molar-refractivity contribution in [2.24, 2.45) is 0 Å². The van der Waals surface area contributed by atoms with Gasteiger partial charge in [0.2, 0.25) is 5.91 Å². The molecule has 0 heterocycles. The summed E-state index contributed by atoms with van der Waals surface area (Å²) in [6.07, 6.45) is 0.368. The lowest BCUT2D eigenvalue weighted by atomic mass is 10.2. The Morgan fingerprint density at radius 3 is 2.69 bits per heavy atom. The number of benzene rings is 1. The van der Waals surface area contributed by atoms with Crippen molar-refractivity contribution in [3.63, 3.8) is 0 Å². The highest BCUT2D eigenvalue weighted by atomic mass is 127. The molecule has 1 rings (SSSR count). The third kappa shape index (κ3) is 3.19. The van der Waals surface area contributed by atoms with E-state index >= 15 is 0 Å². The number of nitrogens with one attached hydrogen (secondary N) is 1. The first-order valence-corrected chi connectivity index (χ1v) is 5.84. The fourth-order valence-electron chi connectivity index (χ4n) is 1.14. The zero-order chi connectivity index (χ0) is 12.1. The molecule has 0 aliphatic rings. The predicted octanol–water partition coefficient (Wildman–Crippen LogP) is 2.43. The summed E-state index contributed by atoms with van der Waals surface area (Å²) in [5.41, 5.74) is 0.857. The Morgan fingerprint density at radius 2 is 2.12 bits per heavy atom. The van der Waals surface area contributed by atoms with Crippen molar-refractivity contribution >= 4 is 40.2 Å². The number of ether oxygens (including phenoxy) is 1. The smallest absolute Gasteiger partial charge is 0.340 e. The van der Waals surface area contributed by atoms with Gasteiger partial charge in [-0.1, -0.05) is 6.92 Å². The number of amides is 1. The average molecular weight is 333 g/mol. The molecule has 1 amide bonds. The van der Waals surface area contributed by atoms with Crippen LogP contribution in [0.25, 0.3) is 0 Å². The van der Waals surface area contributed by atoms with Crippen LogP contribution in [0, 0.1) is 3.57 Å². The van der Waals surface area contributed by atoms with Crippen molar-refractivity contribution in [3.8, 4) is 0 Å². The van der Waals surface area contributed by atoms with E-state index in [-0.39, 0.29) is 5.91 Å². The maximum absolute atomic E-state index is 11.5. The first-order valence-electron chi connectivity index (χ1n) is 4.76. The van der Waals surface area contributed by atoms with E-state index in [9.17, 15) is 9.59 Å². The summed E-state index contributed by atoms with van der Waals surface area (Å²) in [6, 6.07) is 5.19. The van der Waals surface area contributed by atoms with Crippen LogP contribution in [-0.4, -0.2) is 19.0 Å². The van der Waals surface area contributed by atoms with Gasteiger partial charge in [-0.05, 0) is 40.8 Å². The summed E-state index contributed by atoms with van der Waals surface area (Å²) < 4.78 is 5.56. The fourth-order valence-corrected chi connectivity index (χ4v) is 1.63. The van der Waals surface area contributed by atoms with E-state index < -0.39 is 5.97 Å². The molecule has 86 valence electrons. The monoisotopic (exact) mass is 333 g/mol. The summed E-state index contributed by atoms with van der Waals surface area (Å²) >= 11 is 2.09. The van der Waals surface area contributed by atoms with E-state index in [4.69, 9.17) is 0 Å². The lowest BCUT2D eigenvalue weighted by Gasteiger charge is -2.09. The normalized spacial score (nSPS) is 9.69. The molecule has 16 heavy (non-hydrogen) atoms. The SMILES string of the molecule is CCC(=O)Nc1ccc(I)cc1C(=O)OC. The van der Waals surface area contributed by atoms with Gasteiger partial charge < -0.3 is 10.1 Å². The number of carbonyl (C=O) groups excluding carboxylic acids is 2. The molecule has 1 N–H and O–H groups in total. The first kappa shape index (κ1) is 13.0. The molecule has 0 saturated heterocycles. The lowest BCUT2D eigenvalue weighted by Crippen LogP contribution is -2.14. The Labute approximate surface area is 108 Å². The van der Waals surface area contributed by atoms with Gasteiger partial charge in [-0.3, -0.25) is 4.79 Å². The molecule has 0 fully saturated rings. The minimum Gasteiger partial charge on any atom is -0.465 e. The minimum atomic E-state index is -0.454. The van der Waals surface area contributed by atoms with Crippen LogP contribution in [-0.2, 0) is 9.53 Å². The van der Waals surface area contributed by atoms with Crippen LogP contribution in [0.5, 0.6) is 0 Å². The van der Waals surface area contributed by atoms with Gasteiger partial charge >= 0.3 is 5.97 Å². The van der Waals surface area contributed by atoms with E-state index in [1.165, 1.54) is 7.11 Å². The molecular formula is C11H12INO3. The Balaban J connectivity index is 3.07. The number of hydrogen-bond donors (Lipinski definition) is 1. The van der Waals surface area contributed by atoms with Gasteiger partial charge in [-0.25, -0.2) is 4.79 Å². The van der Waals surface area contributed by atoms with Crippen LogP contribution in [0.15, 0.2) is 18.2 Å². The van der Waals surface area contributed by atoms with Crippen molar-refractivity contribution in [3.05, 3.63) is 27.3 Å². The fraction of sp³-hybridized carbons (Fsp3) is 0.273. The van der Waals surface area contributed by atoms with Gasteiger partial charge in [0.05, 0.1) is 18.4 Å². The molecule has 1 aromatic rings. The van der Waals surface area contributed by atoms with E-state index in [1.54, 1.807) is 19.1 Å². The number of anilines is 1. The Kier molecular flexibility index (Phi) is 4.72. The molecule has 0 atom stereocenters. The molecule has 1 aromatic carbocycles.